The summed E-state index contributed by atoms with van der Waals surface area (Å²) < 4.78 is 1.52. The van der Waals surface area contributed by atoms with Crippen LogP contribution in [0.15, 0.2) is 6.20 Å². The second-order valence-electron chi connectivity index (χ2n) is 6.05. The van der Waals surface area contributed by atoms with Crippen LogP contribution in [0, 0.1) is 23.0 Å². The molecule has 0 aliphatic heterocycles. The number of carbonyl (C=O) groups is 1. The number of nitrogens with zero attached hydrogens (tertiary/aromatic N) is 3. The molecule has 0 bridgehead atoms. The molecule has 1 aromatic rings. The fraction of sp³-hybridized carbons (Fsp3) is 0.733. The van der Waals surface area contributed by atoms with E-state index in [9.17, 15) is 14.9 Å². The van der Waals surface area contributed by atoms with Gasteiger partial charge < -0.3 is 15.4 Å². The molecule has 0 atom stereocenters. The quantitative estimate of drug-likeness (QED) is 0.668. The van der Waals surface area contributed by atoms with Gasteiger partial charge in [-0.2, -0.15) is 0 Å². The van der Waals surface area contributed by atoms with E-state index in [0.29, 0.717) is 18.3 Å². The van der Waals surface area contributed by atoms with Gasteiger partial charge in [0, 0.05) is 13.5 Å². The van der Waals surface area contributed by atoms with Crippen molar-refractivity contribution >= 4 is 11.7 Å². The Labute approximate surface area is 130 Å². The zero-order valence-electron chi connectivity index (χ0n) is 13.1. The maximum Gasteiger partial charge on any atom is 0.381 e. The summed E-state index contributed by atoms with van der Waals surface area (Å²) in [6.45, 7) is 2.45. The highest BCUT2D eigenvalue weighted by atomic mass is 16.6. The summed E-state index contributed by atoms with van der Waals surface area (Å²) >= 11 is 0. The number of aromatic nitrogens is 2. The van der Waals surface area contributed by atoms with Crippen LogP contribution in [0.2, 0.25) is 0 Å². The average Bonchev–Trinajstić information content (AvgIpc) is 2.79. The summed E-state index contributed by atoms with van der Waals surface area (Å²) in [6, 6.07) is 0. The highest BCUT2D eigenvalue weighted by Crippen LogP contribution is 2.21. The van der Waals surface area contributed by atoms with Crippen LogP contribution in [0.5, 0.6) is 0 Å². The monoisotopic (exact) mass is 308 g/mol. The third kappa shape index (κ3) is 4.82. The van der Waals surface area contributed by atoms with Crippen molar-refractivity contribution in [1.29, 1.82) is 0 Å². The molecule has 1 aliphatic rings. The maximum absolute atomic E-state index is 12.0. The Balaban J connectivity index is 1.81. The van der Waals surface area contributed by atoms with Gasteiger partial charge in [0.15, 0.2) is 0 Å². The Morgan fingerprint density at radius 2 is 2.00 bits per heavy atom. The van der Waals surface area contributed by atoms with E-state index in [2.05, 4.69) is 10.3 Å². The molecule has 0 aromatic carbocycles. The second-order valence-corrected chi connectivity index (χ2v) is 6.05. The second kappa shape index (κ2) is 7.91. The van der Waals surface area contributed by atoms with Gasteiger partial charge in [-0.25, -0.2) is 0 Å². The molecule has 1 saturated carbocycles. The number of carbonyl (C=O) groups excluding carboxylic acids is 1. The maximum atomic E-state index is 12.0. The molecule has 1 fully saturated rings. The third-order valence-electron chi connectivity index (χ3n) is 4.28. The molecular weight excluding hydrogens is 284 g/mol. The largest absolute Gasteiger partial charge is 0.381 e. The van der Waals surface area contributed by atoms with Crippen LogP contribution in [0.1, 0.15) is 50.8 Å². The lowest BCUT2D eigenvalue weighted by Crippen LogP contribution is -2.32. The molecule has 0 spiro atoms. The Bertz CT molecular complexity index is 519. The Kier molecular flexibility index (Phi) is 5.91. The minimum Gasteiger partial charge on any atom is -0.358 e. The molecule has 2 rings (SSSR count). The number of rotatable bonds is 5. The Hall–Kier alpha value is -1.92. The molecule has 7 heteroatoms. The van der Waals surface area contributed by atoms with E-state index in [1.807, 2.05) is 0 Å². The summed E-state index contributed by atoms with van der Waals surface area (Å²) in [5.41, 5.74) is 0. The van der Waals surface area contributed by atoms with Gasteiger partial charge in [-0.15, -0.1) is 0 Å². The Morgan fingerprint density at radius 1 is 1.36 bits per heavy atom. The van der Waals surface area contributed by atoms with Gasteiger partial charge in [0.05, 0.1) is 0 Å². The lowest BCUT2D eigenvalue weighted by atomic mass is 9.91. The minimum absolute atomic E-state index is 0.0827. The predicted molar refractivity (Wildman–Crippen MR) is 82.4 cm³/mol. The van der Waals surface area contributed by atoms with E-state index in [-0.39, 0.29) is 18.3 Å². The number of nitrogens with one attached hydrogen (secondary N) is 1. The summed E-state index contributed by atoms with van der Waals surface area (Å²) in [5.74, 6) is 0.707. The average molecular weight is 308 g/mol. The van der Waals surface area contributed by atoms with E-state index >= 15 is 0 Å². The number of aryl methyl sites for hydroxylation is 1. The summed E-state index contributed by atoms with van der Waals surface area (Å²) in [5, 5.41) is 13.6. The van der Waals surface area contributed by atoms with Gasteiger partial charge in [-0.05, 0) is 28.7 Å². The molecule has 0 saturated heterocycles. The predicted octanol–water partition coefficient (Wildman–Crippen LogP) is 2.58. The van der Waals surface area contributed by atoms with Crippen molar-refractivity contribution in [2.45, 2.75) is 58.4 Å². The standard InChI is InChI=1S/C15H24N4O3/c1-12-17-14(19(21)22)10-18(12)11-15(20)16-9-13-7-5-3-2-4-6-8-13/h10,13H,2-9,11H2,1H3,(H,16,20). The number of amides is 1. The van der Waals surface area contributed by atoms with Crippen LogP contribution in [0.25, 0.3) is 0 Å². The lowest BCUT2D eigenvalue weighted by molar-refractivity contribution is -0.389. The minimum atomic E-state index is -0.546. The van der Waals surface area contributed by atoms with Gasteiger partial charge in [-0.1, -0.05) is 32.1 Å². The van der Waals surface area contributed by atoms with Gasteiger partial charge >= 0.3 is 5.82 Å². The van der Waals surface area contributed by atoms with E-state index < -0.39 is 4.92 Å². The van der Waals surface area contributed by atoms with Crippen molar-refractivity contribution in [2.24, 2.45) is 5.92 Å². The van der Waals surface area contributed by atoms with Gasteiger partial charge in [-0.3, -0.25) is 9.36 Å². The molecule has 1 aliphatic carbocycles. The van der Waals surface area contributed by atoms with Crippen LogP contribution in [-0.2, 0) is 11.3 Å². The molecule has 1 heterocycles. The molecule has 0 radical (unpaired) electrons. The van der Waals surface area contributed by atoms with Crippen LogP contribution in [0.3, 0.4) is 0 Å². The molecule has 122 valence electrons. The normalized spacial score (nSPS) is 16.8. The summed E-state index contributed by atoms with van der Waals surface area (Å²) in [7, 11) is 0. The van der Waals surface area contributed by atoms with Crippen LogP contribution >= 0.6 is 0 Å². The van der Waals surface area contributed by atoms with E-state index in [0.717, 1.165) is 0 Å². The first-order valence-electron chi connectivity index (χ1n) is 8.01. The summed E-state index contributed by atoms with van der Waals surface area (Å²) in [4.78, 5) is 26.0. The van der Waals surface area contributed by atoms with Crippen molar-refractivity contribution in [3.05, 3.63) is 22.1 Å². The fourth-order valence-electron chi connectivity index (χ4n) is 2.95. The first kappa shape index (κ1) is 16.5. The van der Waals surface area contributed by atoms with E-state index in [4.69, 9.17) is 0 Å². The molecule has 1 N–H and O–H groups in total. The van der Waals surface area contributed by atoms with E-state index in [1.165, 1.54) is 55.7 Å². The number of hydrogen-bond acceptors (Lipinski definition) is 4. The Morgan fingerprint density at radius 3 is 2.59 bits per heavy atom. The highest BCUT2D eigenvalue weighted by Gasteiger charge is 2.18. The molecule has 7 nitrogen and oxygen atoms in total. The van der Waals surface area contributed by atoms with Crippen molar-refractivity contribution < 1.29 is 9.72 Å². The smallest absolute Gasteiger partial charge is 0.358 e. The van der Waals surface area contributed by atoms with Crippen LogP contribution in [-0.4, -0.2) is 26.9 Å². The zero-order valence-corrected chi connectivity index (χ0v) is 13.1. The first-order chi connectivity index (χ1) is 10.6. The highest BCUT2D eigenvalue weighted by molar-refractivity contribution is 5.75. The number of nitro groups is 1. The van der Waals surface area contributed by atoms with Gasteiger partial charge in [0.2, 0.25) is 11.7 Å². The number of imidazole rings is 1. The van der Waals surface area contributed by atoms with Crippen LogP contribution in [0.4, 0.5) is 5.82 Å². The number of hydrogen-bond donors (Lipinski definition) is 1. The molecule has 22 heavy (non-hydrogen) atoms. The third-order valence-corrected chi connectivity index (χ3v) is 4.28. The van der Waals surface area contributed by atoms with E-state index in [1.54, 1.807) is 6.92 Å². The zero-order chi connectivity index (χ0) is 15.9. The molecule has 1 aromatic heterocycles. The van der Waals surface area contributed by atoms with Crippen molar-refractivity contribution in [2.75, 3.05) is 6.54 Å². The van der Waals surface area contributed by atoms with Gasteiger partial charge in [0.1, 0.15) is 12.7 Å². The van der Waals surface area contributed by atoms with Crippen molar-refractivity contribution in [3.8, 4) is 0 Å². The topological polar surface area (TPSA) is 90.1 Å². The SMILES string of the molecule is Cc1nc([N+](=O)[O-])cn1CC(=O)NCC1CCCCCCC1. The molecule has 0 unspecified atom stereocenters. The summed E-state index contributed by atoms with van der Waals surface area (Å²) in [6.07, 6.45) is 10.1. The molecule has 1 amide bonds. The fourth-order valence-corrected chi connectivity index (χ4v) is 2.95. The van der Waals surface area contributed by atoms with Crippen molar-refractivity contribution in [1.82, 2.24) is 14.9 Å². The first-order valence-corrected chi connectivity index (χ1v) is 8.01. The molecular formula is C15H24N4O3. The van der Waals surface area contributed by atoms with Crippen molar-refractivity contribution in [3.63, 3.8) is 0 Å². The van der Waals surface area contributed by atoms with Gasteiger partial charge in [0.25, 0.3) is 0 Å². The lowest BCUT2D eigenvalue weighted by Gasteiger charge is -2.20. The van der Waals surface area contributed by atoms with Crippen LogP contribution < -0.4 is 5.32 Å².